The summed E-state index contributed by atoms with van der Waals surface area (Å²) in [5, 5.41) is 0. The highest BCUT2D eigenvalue weighted by atomic mass is 16.2. The number of pyridine rings is 1. The Bertz CT molecular complexity index is 369. The Labute approximate surface area is 115 Å². The fraction of sp³-hybridized carbons (Fsp3) is 0.571. The predicted octanol–water partition coefficient (Wildman–Crippen LogP) is 0.711. The van der Waals surface area contributed by atoms with Crippen molar-refractivity contribution in [2.75, 3.05) is 33.2 Å². The molecule has 0 fully saturated rings. The second-order valence-corrected chi connectivity index (χ2v) is 4.62. The van der Waals surface area contributed by atoms with Crippen molar-refractivity contribution in [1.29, 1.82) is 0 Å². The number of aromatic nitrogens is 1. The largest absolute Gasteiger partial charge is 0.345 e. The van der Waals surface area contributed by atoms with Crippen LogP contribution in [0.1, 0.15) is 18.9 Å². The van der Waals surface area contributed by atoms with E-state index in [0.717, 1.165) is 26.1 Å². The van der Waals surface area contributed by atoms with Crippen LogP contribution < -0.4 is 5.73 Å². The Morgan fingerprint density at radius 2 is 2.05 bits per heavy atom. The van der Waals surface area contributed by atoms with Crippen molar-refractivity contribution in [2.45, 2.75) is 19.9 Å². The van der Waals surface area contributed by atoms with E-state index in [1.807, 2.05) is 19.2 Å². The number of nitrogens with zero attached hydrogens (tertiary/aromatic N) is 3. The summed E-state index contributed by atoms with van der Waals surface area (Å²) in [4.78, 5) is 19.9. The average Bonchev–Trinajstić information content (AvgIpc) is 2.44. The van der Waals surface area contributed by atoms with Gasteiger partial charge in [0.25, 0.3) is 0 Å². The smallest absolute Gasteiger partial charge is 0.236 e. The maximum absolute atomic E-state index is 12.0. The SMILES string of the molecule is CCN(CC(=O)N(C)CCCN)Cc1ccncc1. The Morgan fingerprint density at radius 3 is 2.63 bits per heavy atom. The van der Waals surface area contributed by atoms with E-state index >= 15 is 0 Å². The van der Waals surface area contributed by atoms with Gasteiger partial charge in [0.05, 0.1) is 6.54 Å². The number of nitrogens with two attached hydrogens (primary N) is 1. The lowest BCUT2D eigenvalue weighted by atomic mass is 10.2. The summed E-state index contributed by atoms with van der Waals surface area (Å²) in [7, 11) is 1.83. The molecule has 0 atom stereocenters. The zero-order chi connectivity index (χ0) is 14.1. The average molecular weight is 264 g/mol. The quantitative estimate of drug-likeness (QED) is 0.751. The highest BCUT2D eigenvalue weighted by molar-refractivity contribution is 5.77. The number of likely N-dealkylation sites (N-methyl/N-ethyl adjacent to an activating group) is 2. The van der Waals surface area contributed by atoms with Gasteiger partial charge in [-0.2, -0.15) is 0 Å². The number of hydrogen-bond acceptors (Lipinski definition) is 4. The first-order valence-electron chi connectivity index (χ1n) is 6.72. The van der Waals surface area contributed by atoms with Gasteiger partial charge >= 0.3 is 0 Å². The van der Waals surface area contributed by atoms with E-state index in [0.29, 0.717) is 13.1 Å². The number of carbonyl (C=O) groups is 1. The van der Waals surface area contributed by atoms with Gasteiger partial charge in [0.1, 0.15) is 0 Å². The van der Waals surface area contributed by atoms with Gasteiger partial charge in [-0.1, -0.05) is 6.92 Å². The van der Waals surface area contributed by atoms with Crippen LogP contribution in [0.5, 0.6) is 0 Å². The highest BCUT2D eigenvalue weighted by Crippen LogP contribution is 2.03. The van der Waals surface area contributed by atoms with Crippen molar-refractivity contribution >= 4 is 5.91 Å². The first-order valence-corrected chi connectivity index (χ1v) is 6.72. The lowest BCUT2D eigenvalue weighted by molar-refractivity contribution is -0.131. The minimum atomic E-state index is 0.143. The van der Waals surface area contributed by atoms with E-state index < -0.39 is 0 Å². The van der Waals surface area contributed by atoms with Crippen LogP contribution in [-0.2, 0) is 11.3 Å². The second kappa shape index (κ2) is 8.61. The van der Waals surface area contributed by atoms with Gasteiger partial charge in [0.15, 0.2) is 0 Å². The van der Waals surface area contributed by atoms with Crippen molar-refractivity contribution in [2.24, 2.45) is 5.73 Å². The van der Waals surface area contributed by atoms with Crippen LogP contribution in [0.3, 0.4) is 0 Å². The molecule has 1 heterocycles. The van der Waals surface area contributed by atoms with Crippen molar-refractivity contribution in [3.8, 4) is 0 Å². The Kier molecular flexibility index (Phi) is 7.07. The van der Waals surface area contributed by atoms with Gasteiger partial charge in [-0.05, 0) is 37.2 Å². The fourth-order valence-electron chi connectivity index (χ4n) is 1.79. The maximum Gasteiger partial charge on any atom is 0.236 e. The van der Waals surface area contributed by atoms with Crippen molar-refractivity contribution in [1.82, 2.24) is 14.8 Å². The lowest BCUT2D eigenvalue weighted by Gasteiger charge is -2.24. The molecular weight excluding hydrogens is 240 g/mol. The van der Waals surface area contributed by atoms with E-state index in [1.165, 1.54) is 5.56 Å². The second-order valence-electron chi connectivity index (χ2n) is 4.62. The van der Waals surface area contributed by atoms with E-state index in [1.54, 1.807) is 17.3 Å². The summed E-state index contributed by atoms with van der Waals surface area (Å²) < 4.78 is 0. The van der Waals surface area contributed by atoms with Crippen molar-refractivity contribution in [3.05, 3.63) is 30.1 Å². The van der Waals surface area contributed by atoms with Gasteiger partial charge < -0.3 is 10.6 Å². The zero-order valence-corrected chi connectivity index (χ0v) is 11.9. The van der Waals surface area contributed by atoms with Crippen LogP contribution >= 0.6 is 0 Å². The molecule has 1 aromatic heterocycles. The lowest BCUT2D eigenvalue weighted by Crippen LogP contribution is -2.38. The molecule has 5 heteroatoms. The third kappa shape index (κ3) is 5.81. The first kappa shape index (κ1) is 15.6. The summed E-state index contributed by atoms with van der Waals surface area (Å²) in [6.45, 7) is 5.47. The summed E-state index contributed by atoms with van der Waals surface area (Å²) in [6, 6.07) is 3.95. The molecule has 0 aliphatic heterocycles. The number of carbonyl (C=O) groups excluding carboxylic acids is 1. The van der Waals surface area contributed by atoms with Crippen LogP contribution in [-0.4, -0.2) is 53.9 Å². The molecule has 0 aliphatic carbocycles. The zero-order valence-electron chi connectivity index (χ0n) is 11.9. The van der Waals surface area contributed by atoms with Gasteiger partial charge in [0, 0.05) is 32.5 Å². The monoisotopic (exact) mass is 264 g/mol. The first-order chi connectivity index (χ1) is 9.17. The summed E-state index contributed by atoms with van der Waals surface area (Å²) >= 11 is 0. The van der Waals surface area contributed by atoms with Gasteiger partial charge in [-0.15, -0.1) is 0 Å². The van der Waals surface area contributed by atoms with Gasteiger partial charge in [0.2, 0.25) is 5.91 Å². The molecule has 1 aromatic rings. The molecule has 0 aromatic carbocycles. The molecule has 1 amide bonds. The molecule has 0 saturated heterocycles. The van der Waals surface area contributed by atoms with Gasteiger partial charge in [-0.25, -0.2) is 0 Å². The van der Waals surface area contributed by atoms with Crippen LogP contribution in [0.25, 0.3) is 0 Å². The molecule has 0 radical (unpaired) electrons. The van der Waals surface area contributed by atoms with Crippen molar-refractivity contribution in [3.63, 3.8) is 0 Å². The standard InChI is InChI=1S/C14H24N4O/c1-3-18(11-13-5-8-16-9-6-13)12-14(19)17(2)10-4-7-15/h5-6,8-9H,3-4,7,10-12,15H2,1-2H3. The molecular formula is C14H24N4O. The molecule has 0 aliphatic rings. The predicted molar refractivity (Wildman–Crippen MR) is 76.5 cm³/mol. The Balaban J connectivity index is 2.45. The summed E-state index contributed by atoms with van der Waals surface area (Å²) in [5.41, 5.74) is 6.63. The van der Waals surface area contributed by atoms with E-state index in [4.69, 9.17) is 5.73 Å². The Morgan fingerprint density at radius 1 is 1.37 bits per heavy atom. The summed E-state index contributed by atoms with van der Waals surface area (Å²) in [6.07, 6.45) is 4.40. The molecule has 5 nitrogen and oxygen atoms in total. The highest BCUT2D eigenvalue weighted by Gasteiger charge is 2.13. The fourth-order valence-corrected chi connectivity index (χ4v) is 1.79. The van der Waals surface area contributed by atoms with E-state index in [2.05, 4.69) is 16.8 Å². The third-order valence-electron chi connectivity index (χ3n) is 3.09. The molecule has 0 unspecified atom stereocenters. The van der Waals surface area contributed by atoms with E-state index in [-0.39, 0.29) is 5.91 Å². The van der Waals surface area contributed by atoms with Crippen LogP contribution in [0.4, 0.5) is 0 Å². The molecule has 1 rings (SSSR count). The molecule has 19 heavy (non-hydrogen) atoms. The Hall–Kier alpha value is -1.46. The normalized spacial score (nSPS) is 10.7. The minimum Gasteiger partial charge on any atom is -0.345 e. The number of hydrogen-bond donors (Lipinski definition) is 1. The van der Waals surface area contributed by atoms with Gasteiger partial charge in [-0.3, -0.25) is 14.7 Å². The number of amides is 1. The van der Waals surface area contributed by atoms with E-state index in [9.17, 15) is 4.79 Å². The molecule has 2 N–H and O–H groups in total. The van der Waals surface area contributed by atoms with Crippen LogP contribution in [0.2, 0.25) is 0 Å². The number of rotatable bonds is 8. The third-order valence-corrected chi connectivity index (χ3v) is 3.09. The molecule has 0 bridgehead atoms. The molecule has 106 valence electrons. The topological polar surface area (TPSA) is 62.5 Å². The van der Waals surface area contributed by atoms with Crippen molar-refractivity contribution < 1.29 is 4.79 Å². The summed E-state index contributed by atoms with van der Waals surface area (Å²) in [5.74, 6) is 0.143. The van der Waals surface area contributed by atoms with Crippen LogP contribution in [0.15, 0.2) is 24.5 Å². The maximum atomic E-state index is 12.0. The van der Waals surface area contributed by atoms with Crippen LogP contribution in [0, 0.1) is 0 Å². The minimum absolute atomic E-state index is 0.143. The molecule has 0 saturated carbocycles. The molecule has 0 spiro atoms.